The molecule has 0 unspecified atom stereocenters. The van der Waals surface area contributed by atoms with Gasteiger partial charge >= 0.3 is 0 Å². The Morgan fingerprint density at radius 3 is 2.52 bits per heavy atom. The fraction of sp³-hybridized carbons (Fsp3) is 0.214. The van der Waals surface area contributed by atoms with Crippen molar-refractivity contribution in [3.05, 3.63) is 51.7 Å². The van der Waals surface area contributed by atoms with Crippen LogP contribution in [-0.2, 0) is 0 Å². The van der Waals surface area contributed by atoms with Crippen LogP contribution in [-0.4, -0.2) is 16.0 Å². The van der Waals surface area contributed by atoms with Crippen LogP contribution in [0.25, 0.3) is 0 Å². The summed E-state index contributed by atoms with van der Waals surface area (Å²) in [4.78, 5) is 14.3. The predicted octanol–water partition coefficient (Wildman–Crippen LogP) is 4.17. The topological polar surface area (TPSA) is 77.3 Å². The van der Waals surface area contributed by atoms with Gasteiger partial charge in [0.25, 0.3) is 5.69 Å². The van der Waals surface area contributed by atoms with E-state index in [9.17, 15) is 10.1 Å². The first-order valence-corrected chi connectivity index (χ1v) is 6.67. The molecule has 0 fully saturated rings. The summed E-state index contributed by atoms with van der Waals surface area (Å²) in [5.74, 6) is 1.06. The number of hydrogen-bond acceptors (Lipinski definition) is 5. The lowest BCUT2D eigenvalue weighted by atomic mass is 10.3. The highest BCUT2D eigenvalue weighted by Gasteiger charge is 2.10. The largest absolute Gasteiger partial charge is 0.491 e. The van der Waals surface area contributed by atoms with Gasteiger partial charge in [0.05, 0.1) is 23.2 Å². The Hall–Kier alpha value is -2.34. The van der Waals surface area contributed by atoms with Gasteiger partial charge in [0.15, 0.2) is 0 Å². The van der Waals surface area contributed by atoms with Gasteiger partial charge in [-0.2, -0.15) is 0 Å². The number of halogens is 1. The zero-order valence-electron chi connectivity index (χ0n) is 11.5. The number of pyridine rings is 1. The number of benzene rings is 1. The summed E-state index contributed by atoms with van der Waals surface area (Å²) in [6.07, 6.45) is 0.0982. The van der Waals surface area contributed by atoms with Crippen molar-refractivity contribution in [3.63, 3.8) is 0 Å². The third-order valence-electron chi connectivity index (χ3n) is 2.49. The minimum Gasteiger partial charge on any atom is -0.491 e. The molecule has 2 rings (SSSR count). The highest BCUT2D eigenvalue weighted by atomic mass is 35.5. The molecule has 1 aromatic carbocycles. The first-order chi connectivity index (χ1) is 9.94. The summed E-state index contributed by atoms with van der Waals surface area (Å²) in [5.41, 5.74) is 0.618. The number of rotatable bonds is 5. The standard InChI is InChI=1S/C14H14ClN3O3/c1-9(2)21-12-5-3-10(4-6-12)16-14-8-11(18(19)20)7-13(15)17-14/h3-9H,1-2H3,(H,16,17). The molecule has 0 spiro atoms. The molecule has 1 heterocycles. The molecule has 0 amide bonds. The number of anilines is 2. The Balaban J connectivity index is 2.16. The highest BCUT2D eigenvalue weighted by Crippen LogP contribution is 2.24. The fourth-order valence-corrected chi connectivity index (χ4v) is 1.89. The second-order valence-corrected chi connectivity index (χ2v) is 4.99. The van der Waals surface area contributed by atoms with Crippen molar-refractivity contribution in [2.45, 2.75) is 20.0 Å². The normalized spacial score (nSPS) is 10.5. The van der Waals surface area contributed by atoms with E-state index in [2.05, 4.69) is 10.3 Å². The van der Waals surface area contributed by atoms with Gasteiger partial charge in [0.1, 0.15) is 16.7 Å². The summed E-state index contributed by atoms with van der Waals surface area (Å²) in [6, 6.07) is 9.73. The van der Waals surface area contributed by atoms with Crippen molar-refractivity contribution < 1.29 is 9.66 Å². The molecule has 0 saturated carbocycles. The average Bonchev–Trinajstić information content (AvgIpc) is 2.39. The first kappa shape index (κ1) is 15.1. The molecule has 0 saturated heterocycles. The zero-order valence-corrected chi connectivity index (χ0v) is 12.3. The summed E-state index contributed by atoms with van der Waals surface area (Å²) in [7, 11) is 0. The van der Waals surface area contributed by atoms with Crippen molar-refractivity contribution >= 4 is 28.8 Å². The average molecular weight is 308 g/mol. The lowest BCUT2D eigenvalue weighted by molar-refractivity contribution is -0.384. The lowest BCUT2D eigenvalue weighted by Gasteiger charge is -2.11. The van der Waals surface area contributed by atoms with E-state index in [0.717, 1.165) is 11.4 Å². The minimum absolute atomic E-state index is 0.0615. The van der Waals surface area contributed by atoms with Crippen LogP contribution >= 0.6 is 11.6 Å². The Bertz CT molecular complexity index is 644. The van der Waals surface area contributed by atoms with E-state index in [1.54, 1.807) is 24.3 Å². The fourth-order valence-electron chi connectivity index (χ4n) is 1.69. The van der Waals surface area contributed by atoms with Crippen molar-refractivity contribution in [1.29, 1.82) is 0 Å². The second kappa shape index (κ2) is 6.41. The Morgan fingerprint density at radius 2 is 1.95 bits per heavy atom. The molecule has 0 atom stereocenters. The molecule has 2 aromatic rings. The summed E-state index contributed by atoms with van der Waals surface area (Å²) >= 11 is 5.77. The summed E-state index contributed by atoms with van der Waals surface area (Å²) in [5, 5.41) is 13.8. The lowest BCUT2D eigenvalue weighted by Crippen LogP contribution is -2.05. The number of hydrogen-bond donors (Lipinski definition) is 1. The SMILES string of the molecule is CC(C)Oc1ccc(Nc2cc([N+](=O)[O-])cc(Cl)n2)cc1. The third kappa shape index (κ3) is 4.32. The van der Waals surface area contributed by atoms with Gasteiger partial charge < -0.3 is 10.1 Å². The number of nitrogens with one attached hydrogen (secondary N) is 1. The van der Waals surface area contributed by atoms with E-state index < -0.39 is 4.92 Å². The van der Waals surface area contributed by atoms with Crippen molar-refractivity contribution in [2.75, 3.05) is 5.32 Å². The van der Waals surface area contributed by atoms with Crippen LogP contribution < -0.4 is 10.1 Å². The Labute approximate surface area is 126 Å². The minimum atomic E-state index is -0.516. The maximum absolute atomic E-state index is 10.8. The van der Waals surface area contributed by atoms with Crippen molar-refractivity contribution in [3.8, 4) is 5.75 Å². The van der Waals surface area contributed by atoms with Gasteiger partial charge in [-0.3, -0.25) is 10.1 Å². The number of ether oxygens (including phenoxy) is 1. The van der Waals surface area contributed by atoms with Gasteiger partial charge in [-0.1, -0.05) is 11.6 Å². The maximum Gasteiger partial charge on any atom is 0.276 e. The monoisotopic (exact) mass is 307 g/mol. The molecule has 0 aliphatic heterocycles. The van der Waals surface area contributed by atoms with E-state index in [1.807, 2.05) is 13.8 Å². The third-order valence-corrected chi connectivity index (χ3v) is 2.68. The Morgan fingerprint density at radius 1 is 1.29 bits per heavy atom. The van der Waals surface area contributed by atoms with Crippen LogP contribution in [0, 0.1) is 10.1 Å². The number of nitrogens with zero attached hydrogens (tertiary/aromatic N) is 2. The van der Waals surface area contributed by atoms with E-state index in [-0.39, 0.29) is 16.9 Å². The van der Waals surface area contributed by atoms with E-state index in [0.29, 0.717) is 5.82 Å². The maximum atomic E-state index is 10.8. The van der Waals surface area contributed by atoms with Crippen LogP contribution in [0.5, 0.6) is 5.75 Å². The van der Waals surface area contributed by atoms with Gasteiger partial charge in [-0.15, -0.1) is 0 Å². The molecule has 0 aliphatic carbocycles. The van der Waals surface area contributed by atoms with E-state index >= 15 is 0 Å². The molecule has 6 nitrogen and oxygen atoms in total. The first-order valence-electron chi connectivity index (χ1n) is 6.30. The molecule has 7 heteroatoms. The van der Waals surface area contributed by atoms with Crippen molar-refractivity contribution in [2.24, 2.45) is 0 Å². The Kier molecular flexibility index (Phi) is 4.59. The molecule has 1 N–H and O–H groups in total. The molecular weight excluding hydrogens is 294 g/mol. The quantitative estimate of drug-likeness (QED) is 0.509. The molecule has 1 aromatic heterocycles. The van der Waals surface area contributed by atoms with Crippen LogP contribution in [0.15, 0.2) is 36.4 Å². The summed E-state index contributed by atoms with van der Waals surface area (Å²) < 4.78 is 5.54. The molecule has 21 heavy (non-hydrogen) atoms. The zero-order chi connectivity index (χ0) is 15.4. The van der Waals surface area contributed by atoms with Crippen LogP contribution in [0.3, 0.4) is 0 Å². The summed E-state index contributed by atoms with van der Waals surface area (Å²) in [6.45, 7) is 3.89. The molecule has 0 aliphatic rings. The van der Waals surface area contributed by atoms with Gasteiger partial charge in [0.2, 0.25) is 0 Å². The number of nitro groups is 1. The van der Waals surface area contributed by atoms with Crippen LogP contribution in [0.2, 0.25) is 5.15 Å². The van der Waals surface area contributed by atoms with Gasteiger partial charge in [-0.25, -0.2) is 4.98 Å². The second-order valence-electron chi connectivity index (χ2n) is 4.61. The highest BCUT2D eigenvalue weighted by molar-refractivity contribution is 6.29. The van der Waals surface area contributed by atoms with E-state index in [1.165, 1.54) is 12.1 Å². The van der Waals surface area contributed by atoms with E-state index in [4.69, 9.17) is 16.3 Å². The molecule has 110 valence electrons. The molecular formula is C14H14ClN3O3. The van der Waals surface area contributed by atoms with Crippen molar-refractivity contribution in [1.82, 2.24) is 4.98 Å². The van der Waals surface area contributed by atoms with Gasteiger partial charge in [-0.05, 0) is 38.1 Å². The van der Waals surface area contributed by atoms with Crippen LogP contribution in [0.1, 0.15) is 13.8 Å². The smallest absolute Gasteiger partial charge is 0.276 e. The predicted molar refractivity (Wildman–Crippen MR) is 81.4 cm³/mol. The molecule has 0 radical (unpaired) electrons. The van der Waals surface area contributed by atoms with Gasteiger partial charge in [0, 0.05) is 5.69 Å². The number of aromatic nitrogens is 1. The van der Waals surface area contributed by atoms with Crippen LogP contribution in [0.4, 0.5) is 17.2 Å². The molecule has 0 bridgehead atoms.